The van der Waals surface area contributed by atoms with Crippen molar-refractivity contribution in [2.45, 2.75) is 12.8 Å². The Morgan fingerprint density at radius 1 is 1.38 bits per heavy atom. The maximum atomic E-state index is 12.0. The molecule has 0 bridgehead atoms. The number of carbonyl (C=O) groups excluding carboxylic acids is 1. The van der Waals surface area contributed by atoms with Gasteiger partial charge in [-0.1, -0.05) is 0 Å². The van der Waals surface area contributed by atoms with Gasteiger partial charge in [0.1, 0.15) is 5.75 Å². The SMILES string of the molecule is CN(CC1CCOCC1)C(=O)COc1ccc(C#N)cc1. The van der Waals surface area contributed by atoms with E-state index in [0.717, 1.165) is 32.6 Å². The molecule has 1 amide bonds. The van der Waals surface area contributed by atoms with Gasteiger partial charge < -0.3 is 14.4 Å². The Labute approximate surface area is 125 Å². The second-order valence-corrected chi connectivity index (χ2v) is 5.25. The summed E-state index contributed by atoms with van der Waals surface area (Å²) in [6.45, 7) is 2.34. The van der Waals surface area contributed by atoms with Crippen molar-refractivity contribution in [3.05, 3.63) is 29.8 Å². The topological polar surface area (TPSA) is 62.6 Å². The lowest BCUT2D eigenvalue weighted by atomic mass is 10.00. The summed E-state index contributed by atoms with van der Waals surface area (Å²) in [5.41, 5.74) is 0.574. The number of hydrogen-bond donors (Lipinski definition) is 0. The first-order valence-corrected chi connectivity index (χ1v) is 7.13. The highest BCUT2D eigenvalue weighted by molar-refractivity contribution is 5.77. The third-order valence-corrected chi connectivity index (χ3v) is 3.64. The van der Waals surface area contributed by atoms with Gasteiger partial charge in [0.25, 0.3) is 5.91 Å². The Morgan fingerprint density at radius 2 is 2.05 bits per heavy atom. The molecular weight excluding hydrogens is 268 g/mol. The summed E-state index contributed by atoms with van der Waals surface area (Å²) in [5, 5.41) is 8.71. The number of carbonyl (C=O) groups is 1. The predicted molar refractivity (Wildman–Crippen MR) is 77.8 cm³/mol. The summed E-state index contributed by atoms with van der Waals surface area (Å²) >= 11 is 0. The molecule has 0 spiro atoms. The van der Waals surface area contributed by atoms with Crippen molar-refractivity contribution in [2.24, 2.45) is 5.92 Å². The molecule has 112 valence electrons. The molecule has 1 aliphatic heterocycles. The smallest absolute Gasteiger partial charge is 0.260 e. The predicted octanol–water partition coefficient (Wildman–Crippen LogP) is 1.82. The zero-order valence-corrected chi connectivity index (χ0v) is 12.2. The van der Waals surface area contributed by atoms with Gasteiger partial charge in [0.15, 0.2) is 6.61 Å². The maximum Gasteiger partial charge on any atom is 0.260 e. The number of rotatable bonds is 5. The van der Waals surface area contributed by atoms with Gasteiger partial charge >= 0.3 is 0 Å². The van der Waals surface area contributed by atoms with Crippen LogP contribution in [0.3, 0.4) is 0 Å². The first-order chi connectivity index (χ1) is 10.2. The highest BCUT2D eigenvalue weighted by Crippen LogP contribution is 2.16. The number of nitrogens with zero attached hydrogens (tertiary/aromatic N) is 2. The van der Waals surface area contributed by atoms with E-state index in [0.29, 0.717) is 17.2 Å². The number of hydrogen-bond acceptors (Lipinski definition) is 4. The van der Waals surface area contributed by atoms with E-state index >= 15 is 0 Å². The fourth-order valence-corrected chi connectivity index (χ4v) is 2.30. The van der Waals surface area contributed by atoms with Gasteiger partial charge in [-0.15, -0.1) is 0 Å². The van der Waals surface area contributed by atoms with Gasteiger partial charge in [0.05, 0.1) is 11.6 Å². The van der Waals surface area contributed by atoms with Gasteiger partial charge in [-0.05, 0) is 43.0 Å². The molecule has 0 unspecified atom stereocenters. The lowest BCUT2D eigenvalue weighted by molar-refractivity contribution is -0.133. The molecule has 0 aromatic heterocycles. The summed E-state index contributed by atoms with van der Waals surface area (Å²) in [5.74, 6) is 1.08. The number of nitriles is 1. The van der Waals surface area contributed by atoms with Crippen LogP contribution in [0, 0.1) is 17.2 Å². The molecule has 21 heavy (non-hydrogen) atoms. The third kappa shape index (κ3) is 4.76. The van der Waals surface area contributed by atoms with Gasteiger partial charge in [-0.25, -0.2) is 0 Å². The molecule has 0 N–H and O–H groups in total. The molecule has 0 saturated carbocycles. The van der Waals surface area contributed by atoms with Crippen molar-refractivity contribution in [3.8, 4) is 11.8 Å². The van der Waals surface area contributed by atoms with E-state index in [2.05, 4.69) is 0 Å². The number of benzene rings is 1. The minimum absolute atomic E-state index is 0.0195. The molecule has 5 nitrogen and oxygen atoms in total. The minimum Gasteiger partial charge on any atom is -0.484 e. The standard InChI is InChI=1S/C16H20N2O3/c1-18(11-14-6-8-20-9-7-14)16(19)12-21-15-4-2-13(10-17)3-5-15/h2-5,14H,6-9,11-12H2,1H3. The molecule has 1 heterocycles. The Hall–Kier alpha value is -2.06. The van der Waals surface area contributed by atoms with Crippen LogP contribution in [0.25, 0.3) is 0 Å². The van der Waals surface area contributed by atoms with Crippen LogP contribution in [0.4, 0.5) is 0 Å². The van der Waals surface area contributed by atoms with E-state index in [1.165, 1.54) is 0 Å². The van der Waals surface area contributed by atoms with Crippen LogP contribution in [-0.4, -0.2) is 44.2 Å². The fourth-order valence-electron chi connectivity index (χ4n) is 2.30. The van der Waals surface area contributed by atoms with Gasteiger partial charge in [-0.3, -0.25) is 4.79 Å². The second-order valence-electron chi connectivity index (χ2n) is 5.25. The van der Waals surface area contributed by atoms with Crippen molar-refractivity contribution < 1.29 is 14.3 Å². The molecule has 1 saturated heterocycles. The molecular formula is C16H20N2O3. The molecule has 0 aliphatic carbocycles. The fraction of sp³-hybridized carbons (Fsp3) is 0.500. The second kappa shape index (κ2) is 7.65. The molecule has 0 radical (unpaired) electrons. The largest absolute Gasteiger partial charge is 0.484 e. The van der Waals surface area contributed by atoms with Crippen LogP contribution in [-0.2, 0) is 9.53 Å². The van der Waals surface area contributed by atoms with Crippen molar-refractivity contribution in [1.82, 2.24) is 4.90 Å². The lowest BCUT2D eigenvalue weighted by Crippen LogP contribution is -2.36. The molecule has 0 atom stereocenters. The van der Waals surface area contributed by atoms with Crippen molar-refractivity contribution >= 4 is 5.91 Å². The van der Waals surface area contributed by atoms with E-state index in [1.807, 2.05) is 6.07 Å². The normalized spacial score (nSPS) is 15.2. The van der Waals surface area contributed by atoms with E-state index in [9.17, 15) is 4.79 Å². The van der Waals surface area contributed by atoms with Gasteiger partial charge in [0.2, 0.25) is 0 Å². The van der Waals surface area contributed by atoms with Gasteiger partial charge in [0, 0.05) is 26.8 Å². The quantitative estimate of drug-likeness (QED) is 0.829. The molecule has 1 aliphatic rings. The molecule has 1 aromatic carbocycles. The molecule has 1 fully saturated rings. The summed E-state index contributed by atoms with van der Waals surface area (Å²) < 4.78 is 10.8. The Bertz CT molecular complexity index is 501. The number of ether oxygens (including phenoxy) is 2. The monoisotopic (exact) mass is 288 g/mol. The first kappa shape index (κ1) is 15.3. The molecule has 2 rings (SSSR count). The van der Waals surface area contributed by atoms with Gasteiger partial charge in [-0.2, -0.15) is 5.26 Å². The van der Waals surface area contributed by atoms with Crippen molar-refractivity contribution in [1.29, 1.82) is 5.26 Å². The zero-order chi connectivity index (χ0) is 15.1. The van der Waals surface area contributed by atoms with Crippen molar-refractivity contribution in [2.75, 3.05) is 33.4 Å². The van der Waals surface area contributed by atoms with E-state index in [4.69, 9.17) is 14.7 Å². The van der Waals surface area contributed by atoms with E-state index < -0.39 is 0 Å². The lowest BCUT2D eigenvalue weighted by Gasteiger charge is -2.27. The summed E-state index contributed by atoms with van der Waals surface area (Å²) in [6.07, 6.45) is 2.02. The van der Waals surface area contributed by atoms with Crippen LogP contribution >= 0.6 is 0 Å². The Morgan fingerprint density at radius 3 is 2.67 bits per heavy atom. The average Bonchev–Trinajstić information content (AvgIpc) is 2.54. The average molecular weight is 288 g/mol. The van der Waals surface area contributed by atoms with Crippen molar-refractivity contribution in [3.63, 3.8) is 0 Å². The summed E-state index contributed by atoms with van der Waals surface area (Å²) in [7, 11) is 1.81. The van der Waals surface area contributed by atoms with Crippen LogP contribution in [0.15, 0.2) is 24.3 Å². The maximum absolute atomic E-state index is 12.0. The summed E-state index contributed by atoms with van der Waals surface area (Å²) in [6, 6.07) is 8.78. The minimum atomic E-state index is -0.0362. The Balaban J connectivity index is 1.76. The van der Waals surface area contributed by atoms with Crippen LogP contribution < -0.4 is 4.74 Å². The highest BCUT2D eigenvalue weighted by atomic mass is 16.5. The van der Waals surface area contributed by atoms with E-state index in [1.54, 1.807) is 36.2 Å². The highest BCUT2D eigenvalue weighted by Gasteiger charge is 2.18. The first-order valence-electron chi connectivity index (χ1n) is 7.13. The number of likely N-dealkylation sites (N-methyl/N-ethyl adjacent to an activating group) is 1. The third-order valence-electron chi connectivity index (χ3n) is 3.64. The van der Waals surface area contributed by atoms with Crippen LogP contribution in [0.1, 0.15) is 18.4 Å². The zero-order valence-electron chi connectivity index (χ0n) is 12.2. The van der Waals surface area contributed by atoms with Crippen LogP contribution in [0.5, 0.6) is 5.75 Å². The molecule has 5 heteroatoms. The van der Waals surface area contributed by atoms with E-state index in [-0.39, 0.29) is 12.5 Å². The summed E-state index contributed by atoms with van der Waals surface area (Å²) in [4.78, 5) is 13.8. The van der Waals surface area contributed by atoms with Crippen LogP contribution in [0.2, 0.25) is 0 Å². The number of amides is 1. The molecule has 1 aromatic rings. The Kier molecular flexibility index (Phi) is 5.59.